The molecule has 28 heavy (non-hydrogen) atoms. The highest BCUT2D eigenvalue weighted by Crippen LogP contribution is 2.33. The van der Waals surface area contributed by atoms with Gasteiger partial charge in [0.1, 0.15) is 0 Å². The van der Waals surface area contributed by atoms with Crippen LogP contribution in [0.4, 0.5) is 5.13 Å². The molecule has 3 aromatic rings. The van der Waals surface area contributed by atoms with Gasteiger partial charge >= 0.3 is 0 Å². The standard InChI is InChI=1S/C18H16ClN3O3S3/c19-16-7-6-15(27-16)14-11-26-18(20-14)21-17(23)12-4-3-5-13(10-12)28(24,25)22-8-1-2-9-22/h3-7,10-11H,1-2,8-9H2,(H,20,21,23). The molecule has 0 unspecified atom stereocenters. The lowest BCUT2D eigenvalue weighted by Crippen LogP contribution is -2.28. The van der Waals surface area contributed by atoms with E-state index in [2.05, 4.69) is 10.3 Å². The quantitative estimate of drug-likeness (QED) is 0.614. The van der Waals surface area contributed by atoms with Crippen LogP contribution in [0.2, 0.25) is 4.34 Å². The van der Waals surface area contributed by atoms with Crippen LogP contribution in [0.1, 0.15) is 23.2 Å². The number of anilines is 1. The summed E-state index contributed by atoms with van der Waals surface area (Å²) in [5.74, 6) is -0.399. The highest BCUT2D eigenvalue weighted by Gasteiger charge is 2.27. The third kappa shape index (κ3) is 3.99. The molecule has 0 saturated carbocycles. The summed E-state index contributed by atoms with van der Waals surface area (Å²) in [6.45, 7) is 1.04. The number of halogens is 1. The Morgan fingerprint density at radius 3 is 2.68 bits per heavy atom. The van der Waals surface area contributed by atoms with Crippen molar-refractivity contribution >= 4 is 55.3 Å². The zero-order chi connectivity index (χ0) is 19.7. The zero-order valence-corrected chi connectivity index (χ0v) is 17.8. The summed E-state index contributed by atoms with van der Waals surface area (Å²) < 4.78 is 27.5. The van der Waals surface area contributed by atoms with Gasteiger partial charge < -0.3 is 0 Å². The minimum absolute atomic E-state index is 0.134. The van der Waals surface area contributed by atoms with E-state index in [0.717, 1.165) is 23.4 Å². The number of carbonyl (C=O) groups excluding carboxylic acids is 1. The molecule has 4 rings (SSSR count). The van der Waals surface area contributed by atoms with Gasteiger partial charge in [0.15, 0.2) is 5.13 Å². The minimum Gasteiger partial charge on any atom is -0.298 e. The first-order chi connectivity index (χ1) is 13.4. The normalized spacial score (nSPS) is 15.0. The molecule has 2 aromatic heterocycles. The molecule has 1 aliphatic rings. The van der Waals surface area contributed by atoms with Crippen LogP contribution in [0, 0.1) is 0 Å². The number of amides is 1. The van der Waals surface area contributed by atoms with Crippen LogP contribution in [0.3, 0.4) is 0 Å². The van der Waals surface area contributed by atoms with Crippen LogP contribution >= 0.6 is 34.3 Å². The molecular weight excluding hydrogens is 438 g/mol. The van der Waals surface area contributed by atoms with Gasteiger partial charge in [-0.05, 0) is 43.2 Å². The maximum atomic E-state index is 12.7. The third-order valence-electron chi connectivity index (χ3n) is 4.35. The van der Waals surface area contributed by atoms with E-state index in [1.807, 2.05) is 11.4 Å². The van der Waals surface area contributed by atoms with E-state index in [-0.39, 0.29) is 10.5 Å². The maximum Gasteiger partial charge on any atom is 0.257 e. The van der Waals surface area contributed by atoms with Crippen LogP contribution in [0.5, 0.6) is 0 Å². The van der Waals surface area contributed by atoms with Crippen molar-refractivity contribution in [3.63, 3.8) is 0 Å². The summed E-state index contributed by atoms with van der Waals surface area (Å²) in [5.41, 5.74) is 1.01. The lowest BCUT2D eigenvalue weighted by molar-refractivity contribution is 0.102. The predicted octanol–water partition coefficient (Wildman–Crippen LogP) is 4.56. The zero-order valence-electron chi connectivity index (χ0n) is 14.6. The average molecular weight is 454 g/mol. The Morgan fingerprint density at radius 1 is 1.18 bits per heavy atom. The number of nitrogens with one attached hydrogen (secondary N) is 1. The Morgan fingerprint density at radius 2 is 1.96 bits per heavy atom. The first-order valence-corrected chi connectivity index (χ1v) is 12.1. The van der Waals surface area contributed by atoms with Gasteiger partial charge in [-0.25, -0.2) is 13.4 Å². The molecular formula is C18H16ClN3O3S3. The largest absolute Gasteiger partial charge is 0.298 e. The van der Waals surface area contributed by atoms with E-state index < -0.39 is 15.9 Å². The number of rotatable bonds is 5. The van der Waals surface area contributed by atoms with E-state index in [4.69, 9.17) is 11.6 Å². The molecule has 0 atom stereocenters. The van der Waals surface area contributed by atoms with Crippen molar-refractivity contribution in [2.24, 2.45) is 0 Å². The fourth-order valence-corrected chi connectivity index (χ4v) is 6.29. The number of sulfonamides is 1. The van der Waals surface area contributed by atoms with Gasteiger partial charge in [0.05, 0.1) is 19.8 Å². The molecule has 1 N–H and O–H groups in total. The smallest absolute Gasteiger partial charge is 0.257 e. The summed E-state index contributed by atoms with van der Waals surface area (Å²) in [6.07, 6.45) is 1.72. The van der Waals surface area contributed by atoms with Crippen molar-refractivity contribution in [1.29, 1.82) is 0 Å². The number of carbonyl (C=O) groups is 1. The lowest BCUT2D eigenvalue weighted by Gasteiger charge is -2.15. The van der Waals surface area contributed by atoms with E-state index in [0.29, 0.717) is 22.6 Å². The fraction of sp³-hybridized carbons (Fsp3) is 0.222. The number of benzene rings is 1. The Kier molecular flexibility index (Phi) is 5.52. The number of thiazole rings is 1. The average Bonchev–Trinajstić information content (AvgIpc) is 3.43. The van der Waals surface area contributed by atoms with Crippen LogP contribution < -0.4 is 5.32 Å². The fourth-order valence-electron chi connectivity index (χ4n) is 2.94. The highest BCUT2D eigenvalue weighted by molar-refractivity contribution is 7.89. The van der Waals surface area contributed by atoms with Gasteiger partial charge in [0.2, 0.25) is 10.0 Å². The molecule has 1 aromatic carbocycles. The molecule has 3 heterocycles. The van der Waals surface area contributed by atoms with Crippen molar-refractivity contribution < 1.29 is 13.2 Å². The Balaban J connectivity index is 1.52. The van der Waals surface area contributed by atoms with Crippen molar-refractivity contribution in [2.75, 3.05) is 18.4 Å². The second kappa shape index (κ2) is 7.92. The van der Waals surface area contributed by atoms with Crippen LogP contribution in [-0.2, 0) is 10.0 Å². The SMILES string of the molecule is O=C(Nc1nc(-c2ccc(Cl)s2)cs1)c1cccc(S(=O)(=O)N2CCCC2)c1. The van der Waals surface area contributed by atoms with E-state index in [9.17, 15) is 13.2 Å². The molecule has 0 spiro atoms. The molecule has 6 nitrogen and oxygen atoms in total. The second-order valence-electron chi connectivity index (χ2n) is 6.23. The first-order valence-electron chi connectivity index (χ1n) is 8.56. The number of hydrogen-bond donors (Lipinski definition) is 1. The Labute approximate surface area is 175 Å². The highest BCUT2D eigenvalue weighted by atomic mass is 35.5. The molecule has 1 aliphatic heterocycles. The van der Waals surface area contributed by atoms with Gasteiger partial charge in [-0.1, -0.05) is 17.7 Å². The monoisotopic (exact) mass is 453 g/mol. The van der Waals surface area contributed by atoms with Crippen molar-refractivity contribution in [3.05, 3.63) is 51.7 Å². The van der Waals surface area contributed by atoms with Crippen LogP contribution in [0.25, 0.3) is 10.6 Å². The second-order valence-corrected chi connectivity index (χ2v) is 10.7. The summed E-state index contributed by atoms with van der Waals surface area (Å²) in [4.78, 5) is 18.0. The minimum atomic E-state index is -3.57. The summed E-state index contributed by atoms with van der Waals surface area (Å²) in [6, 6.07) is 9.78. The van der Waals surface area contributed by atoms with E-state index >= 15 is 0 Å². The van der Waals surface area contributed by atoms with Gasteiger partial charge in [0.25, 0.3) is 5.91 Å². The first kappa shape index (κ1) is 19.5. The number of nitrogens with zero attached hydrogens (tertiary/aromatic N) is 2. The van der Waals surface area contributed by atoms with E-state index in [1.54, 1.807) is 18.2 Å². The van der Waals surface area contributed by atoms with Crippen molar-refractivity contribution in [1.82, 2.24) is 9.29 Å². The molecule has 1 amide bonds. The number of aromatic nitrogens is 1. The third-order valence-corrected chi connectivity index (χ3v) is 8.26. The molecule has 1 fully saturated rings. The maximum absolute atomic E-state index is 12.7. The van der Waals surface area contributed by atoms with Gasteiger partial charge in [-0.2, -0.15) is 4.31 Å². The summed E-state index contributed by atoms with van der Waals surface area (Å²) in [5, 5.41) is 5.02. The van der Waals surface area contributed by atoms with E-state index in [1.165, 1.54) is 39.1 Å². The van der Waals surface area contributed by atoms with Crippen molar-refractivity contribution in [2.45, 2.75) is 17.7 Å². The number of hydrogen-bond acceptors (Lipinski definition) is 6. The molecule has 0 aliphatic carbocycles. The Hall–Kier alpha value is -1.78. The summed E-state index contributed by atoms with van der Waals surface area (Å²) >= 11 is 8.66. The summed E-state index contributed by atoms with van der Waals surface area (Å²) in [7, 11) is -3.57. The van der Waals surface area contributed by atoms with Crippen LogP contribution in [-0.4, -0.2) is 36.7 Å². The molecule has 10 heteroatoms. The molecule has 0 radical (unpaired) electrons. The van der Waals surface area contributed by atoms with Crippen molar-refractivity contribution in [3.8, 4) is 10.6 Å². The topological polar surface area (TPSA) is 79.4 Å². The molecule has 146 valence electrons. The predicted molar refractivity (Wildman–Crippen MR) is 113 cm³/mol. The number of thiophene rings is 1. The lowest BCUT2D eigenvalue weighted by atomic mass is 10.2. The van der Waals surface area contributed by atoms with Gasteiger partial charge in [-0.3, -0.25) is 10.1 Å². The Bertz CT molecular complexity index is 1120. The van der Waals surface area contributed by atoms with Crippen LogP contribution in [0.15, 0.2) is 46.7 Å². The van der Waals surface area contributed by atoms with Gasteiger partial charge in [0, 0.05) is 24.0 Å². The molecule has 0 bridgehead atoms. The van der Waals surface area contributed by atoms with Gasteiger partial charge in [-0.15, -0.1) is 22.7 Å². The molecule has 1 saturated heterocycles.